The van der Waals surface area contributed by atoms with E-state index in [2.05, 4.69) is 44.8 Å². The molecule has 1 aliphatic heterocycles. The zero-order valence-electron chi connectivity index (χ0n) is 13.8. The summed E-state index contributed by atoms with van der Waals surface area (Å²) in [4.78, 5) is 2.83. The van der Waals surface area contributed by atoms with Gasteiger partial charge in [0.15, 0.2) is 0 Å². The fourth-order valence-corrected chi connectivity index (χ4v) is 3.52. The molecule has 2 fully saturated rings. The molecule has 0 aromatic heterocycles. The molecule has 2 unspecified atom stereocenters. The molecule has 0 aromatic rings. The largest absolute Gasteiger partial charge is 0.310 e. The van der Waals surface area contributed by atoms with Gasteiger partial charge in [0, 0.05) is 24.7 Å². The van der Waals surface area contributed by atoms with Crippen LogP contribution in [0.5, 0.6) is 0 Å². The topological polar surface area (TPSA) is 15.3 Å². The Labute approximate surface area is 120 Å². The zero-order valence-corrected chi connectivity index (χ0v) is 13.8. The van der Waals surface area contributed by atoms with E-state index >= 15 is 0 Å². The van der Waals surface area contributed by atoms with Crippen LogP contribution in [0, 0.1) is 11.3 Å². The van der Waals surface area contributed by atoms with E-state index in [-0.39, 0.29) is 0 Å². The molecule has 0 aromatic carbocycles. The molecule has 19 heavy (non-hydrogen) atoms. The molecule has 2 nitrogen and oxygen atoms in total. The number of hydrogen-bond acceptors (Lipinski definition) is 2. The van der Waals surface area contributed by atoms with Gasteiger partial charge in [-0.3, -0.25) is 4.90 Å². The van der Waals surface area contributed by atoms with E-state index in [4.69, 9.17) is 0 Å². The van der Waals surface area contributed by atoms with Gasteiger partial charge in [0.25, 0.3) is 0 Å². The molecule has 2 atom stereocenters. The fourth-order valence-electron chi connectivity index (χ4n) is 3.52. The first-order valence-corrected chi connectivity index (χ1v) is 8.36. The molecule has 0 amide bonds. The third kappa shape index (κ3) is 3.52. The first-order valence-electron chi connectivity index (χ1n) is 8.36. The maximum Gasteiger partial charge on any atom is 0.0334 e. The van der Waals surface area contributed by atoms with Gasteiger partial charge >= 0.3 is 0 Å². The van der Waals surface area contributed by atoms with Gasteiger partial charge in [-0.15, -0.1) is 0 Å². The van der Waals surface area contributed by atoms with E-state index in [1.807, 2.05) is 0 Å². The highest BCUT2D eigenvalue weighted by Crippen LogP contribution is 2.44. The van der Waals surface area contributed by atoms with Crippen LogP contribution in [0.4, 0.5) is 0 Å². The lowest BCUT2D eigenvalue weighted by atomic mass is 9.81. The van der Waals surface area contributed by atoms with E-state index in [9.17, 15) is 0 Å². The van der Waals surface area contributed by atoms with Crippen molar-refractivity contribution in [1.82, 2.24) is 10.2 Å². The minimum atomic E-state index is 0.369. The van der Waals surface area contributed by atoms with Crippen molar-refractivity contribution in [2.45, 2.75) is 78.3 Å². The Bertz CT molecular complexity index is 290. The van der Waals surface area contributed by atoms with Gasteiger partial charge in [0.05, 0.1) is 0 Å². The van der Waals surface area contributed by atoms with Crippen molar-refractivity contribution in [3.63, 3.8) is 0 Å². The Morgan fingerprint density at radius 1 is 1.21 bits per heavy atom. The smallest absolute Gasteiger partial charge is 0.0334 e. The van der Waals surface area contributed by atoms with Crippen LogP contribution in [0.3, 0.4) is 0 Å². The van der Waals surface area contributed by atoms with Crippen molar-refractivity contribution in [2.24, 2.45) is 11.3 Å². The average molecular weight is 266 g/mol. The molecule has 1 N–H and O–H groups in total. The first-order chi connectivity index (χ1) is 8.88. The number of piperazine rings is 1. The summed E-state index contributed by atoms with van der Waals surface area (Å²) in [6.45, 7) is 15.6. The normalized spacial score (nSPS) is 33.6. The lowest BCUT2D eigenvalue weighted by Gasteiger charge is -2.51. The number of hydrogen-bond donors (Lipinski definition) is 1. The number of nitrogens with one attached hydrogen (secondary N) is 1. The molecule has 2 aliphatic rings. The summed E-state index contributed by atoms with van der Waals surface area (Å²) in [7, 11) is 0. The van der Waals surface area contributed by atoms with Gasteiger partial charge < -0.3 is 5.32 Å². The summed E-state index contributed by atoms with van der Waals surface area (Å²) < 4.78 is 0. The summed E-state index contributed by atoms with van der Waals surface area (Å²) >= 11 is 0. The van der Waals surface area contributed by atoms with E-state index in [0.717, 1.165) is 5.92 Å². The van der Waals surface area contributed by atoms with Crippen LogP contribution in [0.15, 0.2) is 0 Å². The predicted molar refractivity (Wildman–Crippen MR) is 83.5 cm³/mol. The molecule has 1 saturated carbocycles. The molecule has 2 heteroatoms. The second kappa shape index (κ2) is 5.73. The summed E-state index contributed by atoms with van der Waals surface area (Å²) in [6, 6.07) is 0.640. The molecule has 1 aliphatic carbocycles. The third-order valence-corrected chi connectivity index (χ3v) is 5.37. The summed E-state index contributed by atoms with van der Waals surface area (Å²) in [6.07, 6.45) is 6.97. The van der Waals surface area contributed by atoms with Gasteiger partial charge in [0.2, 0.25) is 0 Å². The molecule has 0 bridgehead atoms. The molecular weight excluding hydrogens is 232 g/mol. The molecule has 2 rings (SSSR count). The van der Waals surface area contributed by atoms with Crippen molar-refractivity contribution in [3.05, 3.63) is 0 Å². The molecule has 0 radical (unpaired) electrons. The highest BCUT2D eigenvalue weighted by atomic mass is 15.3. The molecular formula is C17H34N2. The van der Waals surface area contributed by atoms with Crippen molar-refractivity contribution in [2.75, 3.05) is 19.6 Å². The number of nitrogens with zero attached hydrogens (tertiary/aromatic N) is 1. The van der Waals surface area contributed by atoms with Crippen molar-refractivity contribution >= 4 is 0 Å². The van der Waals surface area contributed by atoms with Gasteiger partial charge in [-0.05, 0) is 44.1 Å². The van der Waals surface area contributed by atoms with Crippen LogP contribution in [0.1, 0.15) is 66.7 Å². The maximum atomic E-state index is 3.85. The standard InChI is InChI=1S/C17H34N2/c1-6-7-8-11-19-12-15(16(2,3)4)18-13-17(19,5)14-9-10-14/h14-15,18H,6-13H2,1-5H3. The molecule has 112 valence electrons. The quantitative estimate of drug-likeness (QED) is 0.764. The van der Waals surface area contributed by atoms with Crippen LogP contribution >= 0.6 is 0 Å². The Balaban J connectivity index is 2.01. The van der Waals surface area contributed by atoms with Crippen LogP contribution < -0.4 is 5.32 Å². The van der Waals surface area contributed by atoms with Gasteiger partial charge in [-0.1, -0.05) is 40.5 Å². The Hall–Kier alpha value is -0.0800. The van der Waals surface area contributed by atoms with Crippen LogP contribution in [0.2, 0.25) is 0 Å². The van der Waals surface area contributed by atoms with Crippen molar-refractivity contribution < 1.29 is 0 Å². The van der Waals surface area contributed by atoms with Gasteiger partial charge in [-0.2, -0.15) is 0 Å². The fraction of sp³-hybridized carbons (Fsp3) is 1.00. The lowest BCUT2D eigenvalue weighted by Crippen LogP contribution is -2.66. The summed E-state index contributed by atoms with van der Waals surface area (Å²) in [5.74, 6) is 0.947. The minimum absolute atomic E-state index is 0.369. The number of unbranched alkanes of at least 4 members (excludes halogenated alkanes) is 2. The Morgan fingerprint density at radius 3 is 2.42 bits per heavy atom. The van der Waals surface area contributed by atoms with E-state index in [1.54, 1.807) is 0 Å². The minimum Gasteiger partial charge on any atom is -0.310 e. The van der Waals surface area contributed by atoms with Gasteiger partial charge in [-0.25, -0.2) is 0 Å². The van der Waals surface area contributed by atoms with Crippen LogP contribution in [-0.2, 0) is 0 Å². The Kier molecular flexibility index (Phi) is 4.62. The van der Waals surface area contributed by atoms with Crippen molar-refractivity contribution in [1.29, 1.82) is 0 Å². The summed E-state index contributed by atoms with van der Waals surface area (Å²) in [5.41, 5.74) is 0.795. The van der Waals surface area contributed by atoms with Gasteiger partial charge in [0.1, 0.15) is 0 Å². The summed E-state index contributed by atoms with van der Waals surface area (Å²) in [5, 5.41) is 3.85. The molecule has 0 spiro atoms. The highest BCUT2D eigenvalue weighted by molar-refractivity contribution is 5.06. The zero-order chi connectivity index (χ0) is 14.1. The third-order valence-electron chi connectivity index (χ3n) is 5.37. The SMILES string of the molecule is CCCCCN1CC(C(C)(C)C)NCC1(C)C1CC1. The highest BCUT2D eigenvalue weighted by Gasteiger charge is 2.49. The van der Waals surface area contributed by atoms with Crippen LogP contribution in [-0.4, -0.2) is 36.1 Å². The maximum absolute atomic E-state index is 3.85. The second-order valence-corrected chi connectivity index (χ2v) is 8.08. The van der Waals surface area contributed by atoms with E-state index in [0.29, 0.717) is 17.0 Å². The lowest BCUT2D eigenvalue weighted by molar-refractivity contribution is 0.00944. The molecule has 1 heterocycles. The average Bonchev–Trinajstić information content (AvgIpc) is 3.14. The second-order valence-electron chi connectivity index (χ2n) is 8.08. The first kappa shape index (κ1) is 15.3. The van der Waals surface area contributed by atoms with E-state index in [1.165, 1.54) is 51.7 Å². The van der Waals surface area contributed by atoms with Crippen molar-refractivity contribution in [3.8, 4) is 0 Å². The molecule has 1 saturated heterocycles. The predicted octanol–water partition coefficient (Wildman–Crippen LogP) is 3.67. The van der Waals surface area contributed by atoms with Crippen LogP contribution in [0.25, 0.3) is 0 Å². The Morgan fingerprint density at radius 2 is 1.89 bits per heavy atom. The number of rotatable bonds is 5. The monoisotopic (exact) mass is 266 g/mol. The van der Waals surface area contributed by atoms with E-state index < -0.39 is 0 Å².